The molecule has 2 unspecified atom stereocenters. The molecular weight excluding hydrogens is 208 g/mol. The van der Waals surface area contributed by atoms with Crippen LogP contribution in [-0.2, 0) is 19.1 Å². The van der Waals surface area contributed by atoms with E-state index in [-0.39, 0.29) is 23.8 Å². The molecule has 0 saturated carbocycles. The first kappa shape index (κ1) is 12.5. The van der Waals surface area contributed by atoms with Crippen molar-refractivity contribution in [3.05, 3.63) is 24.3 Å². The molecule has 0 bridgehead atoms. The summed E-state index contributed by atoms with van der Waals surface area (Å²) in [5.74, 6) is -1.29. The number of rotatable bonds is 2. The smallest absolute Gasteiger partial charge is 0.312 e. The third kappa shape index (κ3) is 2.95. The van der Waals surface area contributed by atoms with E-state index in [1.54, 1.807) is 12.2 Å². The van der Waals surface area contributed by atoms with Crippen molar-refractivity contribution in [1.29, 1.82) is 0 Å². The lowest BCUT2D eigenvalue weighted by Crippen LogP contribution is -2.13. The highest BCUT2D eigenvalue weighted by Crippen LogP contribution is 2.26. The molecule has 0 aromatic carbocycles. The predicted molar refractivity (Wildman–Crippen MR) is 58.5 cm³/mol. The van der Waals surface area contributed by atoms with Gasteiger partial charge in [-0.05, 0) is 12.8 Å². The van der Waals surface area contributed by atoms with Gasteiger partial charge in [-0.15, -0.1) is 0 Å². The van der Waals surface area contributed by atoms with Gasteiger partial charge < -0.3 is 9.47 Å². The van der Waals surface area contributed by atoms with Gasteiger partial charge in [-0.2, -0.15) is 0 Å². The summed E-state index contributed by atoms with van der Waals surface area (Å²) >= 11 is 0. The second-order valence-corrected chi connectivity index (χ2v) is 3.80. The first-order valence-electron chi connectivity index (χ1n) is 5.09. The van der Waals surface area contributed by atoms with Crippen LogP contribution in [-0.4, -0.2) is 26.2 Å². The van der Waals surface area contributed by atoms with E-state index in [4.69, 9.17) is 0 Å². The number of carbonyl (C=O) groups excluding carboxylic acids is 2. The summed E-state index contributed by atoms with van der Waals surface area (Å²) in [4.78, 5) is 22.8. The summed E-state index contributed by atoms with van der Waals surface area (Å²) in [6, 6.07) is 0. The second kappa shape index (κ2) is 5.49. The third-order valence-corrected chi connectivity index (χ3v) is 2.60. The van der Waals surface area contributed by atoms with Gasteiger partial charge in [-0.1, -0.05) is 24.3 Å². The van der Waals surface area contributed by atoms with Gasteiger partial charge in [0.2, 0.25) is 0 Å². The maximum atomic E-state index is 11.4. The van der Waals surface area contributed by atoms with E-state index in [0.717, 1.165) is 5.57 Å². The molecule has 1 aliphatic carbocycles. The average Bonchev–Trinajstić information content (AvgIpc) is 2.49. The van der Waals surface area contributed by atoms with Gasteiger partial charge in [0.05, 0.1) is 26.1 Å². The van der Waals surface area contributed by atoms with Crippen LogP contribution in [0, 0.1) is 11.8 Å². The quantitative estimate of drug-likeness (QED) is 0.526. The maximum absolute atomic E-state index is 11.4. The Bertz CT molecular complexity index is 300. The summed E-state index contributed by atoms with van der Waals surface area (Å²) in [7, 11) is 2.70. The Morgan fingerprint density at radius 2 is 1.50 bits per heavy atom. The van der Waals surface area contributed by atoms with E-state index in [0.29, 0.717) is 12.8 Å². The summed E-state index contributed by atoms with van der Waals surface area (Å²) in [6.45, 7) is 3.85. The monoisotopic (exact) mass is 224 g/mol. The zero-order chi connectivity index (χ0) is 12.1. The number of allylic oxidation sites excluding steroid dienone is 1. The lowest BCUT2D eigenvalue weighted by atomic mass is 9.98. The molecule has 0 aromatic heterocycles. The molecule has 0 saturated heterocycles. The van der Waals surface area contributed by atoms with Crippen molar-refractivity contribution in [3.8, 4) is 0 Å². The van der Waals surface area contributed by atoms with Gasteiger partial charge in [-0.25, -0.2) is 0 Å². The van der Waals surface area contributed by atoms with Crippen LogP contribution in [0.15, 0.2) is 24.3 Å². The largest absolute Gasteiger partial charge is 0.469 e. The van der Waals surface area contributed by atoms with Gasteiger partial charge in [0, 0.05) is 0 Å². The van der Waals surface area contributed by atoms with E-state index in [2.05, 4.69) is 16.1 Å². The van der Waals surface area contributed by atoms with E-state index in [1.165, 1.54) is 14.2 Å². The molecule has 1 rings (SSSR count). The van der Waals surface area contributed by atoms with Gasteiger partial charge in [0.25, 0.3) is 0 Å². The molecule has 0 heterocycles. The van der Waals surface area contributed by atoms with Gasteiger partial charge in [0.15, 0.2) is 0 Å². The number of esters is 2. The Labute approximate surface area is 94.9 Å². The number of ether oxygens (including phenoxy) is 2. The molecule has 0 amide bonds. The highest BCUT2D eigenvalue weighted by Gasteiger charge is 2.25. The molecular formula is C12H16O4. The van der Waals surface area contributed by atoms with Crippen LogP contribution in [0.2, 0.25) is 0 Å². The maximum Gasteiger partial charge on any atom is 0.312 e. The standard InChI is InChI=1S/C12H16O4/c1-8-6-9(11(13)15-2)4-5-10(7-8)12(14)16-3/h4-5,9-10H,1,6-7H2,2-3H3. The van der Waals surface area contributed by atoms with Crippen LogP contribution in [0.5, 0.6) is 0 Å². The molecule has 0 N–H and O–H groups in total. The van der Waals surface area contributed by atoms with Crippen LogP contribution in [0.25, 0.3) is 0 Å². The molecule has 4 heteroatoms. The van der Waals surface area contributed by atoms with Crippen LogP contribution >= 0.6 is 0 Å². The van der Waals surface area contributed by atoms with Crippen LogP contribution in [0.3, 0.4) is 0 Å². The van der Waals surface area contributed by atoms with Crippen LogP contribution in [0.1, 0.15) is 12.8 Å². The number of hydrogen-bond acceptors (Lipinski definition) is 4. The lowest BCUT2D eigenvalue weighted by Gasteiger charge is -2.10. The van der Waals surface area contributed by atoms with E-state index in [9.17, 15) is 9.59 Å². The van der Waals surface area contributed by atoms with E-state index < -0.39 is 0 Å². The van der Waals surface area contributed by atoms with Crippen molar-refractivity contribution < 1.29 is 19.1 Å². The summed E-state index contributed by atoms with van der Waals surface area (Å²) in [5.41, 5.74) is 0.857. The Balaban J connectivity index is 2.79. The van der Waals surface area contributed by atoms with Crippen LogP contribution < -0.4 is 0 Å². The van der Waals surface area contributed by atoms with Crippen LogP contribution in [0.4, 0.5) is 0 Å². The van der Waals surface area contributed by atoms with Crippen molar-refractivity contribution in [2.24, 2.45) is 11.8 Å². The highest BCUT2D eigenvalue weighted by molar-refractivity contribution is 5.77. The zero-order valence-corrected chi connectivity index (χ0v) is 9.56. The number of carbonyl (C=O) groups is 2. The first-order chi connectivity index (χ1) is 7.58. The van der Waals surface area contributed by atoms with E-state index >= 15 is 0 Å². The average molecular weight is 224 g/mol. The predicted octanol–water partition coefficient (Wildman–Crippen LogP) is 1.47. The van der Waals surface area contributed by atoms with E-state index in [1.807, 2.05) is 0 Å². The zero-order valence-electron chi connectivity index (χ0n) is 9.56. The molecule has 0 aromatic rings. The third-order valence-electron chi connectivity index (χ3n) is 2.60. The number of methoxy groups -OCH3 is 2. The topological polar surface area (TPSA) is 52.6 Å². The molecule has 4 nitrogen and oxygen atoms in total. The summed E-state index contributed by atoms with van der Waals surface area (Å²) in [5, 5.41) is 0. The van der Waals surface area contributed by atoms with Gasteiger partial charge in [-0.3, -0.25) is 9.59 Å². The Hall–Kier alpha value is -1.58. The molecule has 2 atom stereocenters. The fourth-order valence-electron chi connectivity index (χ4n) is 1.74. The minimum Gasteiger partial charge on any atom is -0.469 e. The molecule has 16 heavy (non-hydrogen) atoms. The van der Waals surface area contributed by atoms with Crippen molar-refractivity contribution in [2.45, 2.75) is 12.8 Å². The Kier molecular flexibility index (Phi) is 4.28. The molecule has 0 fully saturated rings. The highest BCUT2D eigenvalue weighted by atomic mass is 16.5. The Morgan fingerprint density at radius 3 is 1.81 bits per heavy atom. The van der Waals surface area contributed by atoms with Crippen molar-refractivity contribution in [1.82, 2.24) is 0 Å². The minimum atomic E-state index is -0.341. The first-order valence-corrected chi connectivity index (χ1v) is 5.09. The Morgan fingerprint density at radius 1 is 1.12 bits per heavy atom. The van der Waals surface area contributed by atoms with Crippen molar-refractivity contribution in [3.63, 3.8) is 0 Å². The minimum absolute atomic E-state index is 0.303. The SMILES string of the molecule is C=C1CC(C(=O)OC)C=CC(C(=O)OC)C1. The molecule has 1 aliphatic rings. The second-order valence-electron chi connectivity index (χ2n) is 3.80. The van der Waals surface area contributed by atoms with Crippen molar-refractivity contribution >= 4 is 11.9 Å². The fraction of sp³-hybridized carbons (Fsp3) is 0.500. The normalized spacial score (nSPS) is 24.8. The van der Waals surface area contributed by atoms with Gasteiger partial charge in [0.1, 0.15) is 0 Å². The number of hydrogen-bond donors (Lipinski definition) is 0. The molecule has 0 radical (unpaired) electrons. The molecule has 0 aliphatic heterocycles. The van der Waals surface area contributed by atoms with Crippen molar-refractivity contribution in [2.75, 3.05) is 14.2 Å². The molecule has 0 spiro atoms. The summed E-state index contributed by atoms with van der Waals surface area (Å²) in [6.07, 6.45) is 4.45. The van der Waals surface area contributed by atoms with Gasteiger partial charge >= 0.3 is 11.9 Å². The lowest BCUT2D eigenvalue weighted by molar-refractivity contribution is -0.144. The molecule has 88 valence electrons. The fourth-order valence-corrected chi connectivity index (χ4v) is 1.74. The summed E-state index contributed by atoms with van der Waals surface area (Å²) < 4.78 is 9.34.